The van der Waals surface area contributed by atoms with Crippen molar-refractivity contribution in [1.82, 2.24) is 0 Å². The van der Waals surface area contributed by atoms with Crippen LogP contribution in [0.2, 0.25) is 0 Å². The summed E-state index contributed by atoms with van der Waals surface area (Å²) in [7, 11) is 0. The topological polar surface area (TPSA) is 117 Å². The predicted molar refractivity (Wildman–Crippen MR) is 126 cm³/mol. The van der Waals surface area contributed by atoms with E-state index in [1.807, 2.05) is 47.6 Å². The molecular weight excluding hydrogens is 382 g/mol. The second-order valence-corrected chi connectivity index (χ2v) is 5.36. The molecule has 0 aromatic carbocycles. The van der Waals surface area contributed by atoms with E-state index < -0.39 is 11.9 Å². The molecule has 30 heavy (non-hydrogen) atoms. The summed E-state index contributed by atoms with van der Waals surface area (Å²) in [6.07, 6.45) is 10.8. The van der Waals surface area contributed by atoms with E-state index in [1.165, 1.54) is 12.2 Å². The van der Waals surface area contributed by atoms with Gasteiger partial charge in [-0.05, 0) is 25.0 Å². The minimum absolute atomic E-state index is 0.0507. The van der Waals surface area contributed by atoms with E-state index >= 15 is 0 Å². The Morgan fingerprint density at radius 3 is 2.07 bits per heavy atom. The van der Waals surface area contributed by atoms with Crippen LogP contribution in [-0.2, 0) is 19.1 Å². The Morgan fingerprint density at radius 2 is 1.60 bits per heavy atom. The summed E-state index contributed by atoms with van der Waals surface area (Å²) in [4.78, 5) is 27.0. The second-order valence-electron chi connectivity index (χ2n) is 5.36. The van der Waals surface area contributed by atoms with Crippen LogP contribution in [-0.4, -0.2) is 31.0 Å². The van der Waals surface area contributed by atoms with Crippen LogP contribution < -0.4 is 11.5 Å². The van der Waals surface area contributed by atoms with Gasteiger partial charge in [-0.15, -0.1) is 0 Å². The van der Waals surface area contributed by atoms with E-state index in [0.29, 0.717) is 11.3 Å². The van der Waals surface area contributed by atoms with Crippen molar-refractivity contribution in [3.63, 3.8) is 0 Å². The molecule has 0 spiro atoms. The maximum Gasteiger partial charge on any atom is 0.335 e. The van der Waals surface area contributed by atoms with Crippen molar-refractivity contribution >= 4 is 17.9 Å². The molecule has 170 valence electrons. The number of hydrogen-bond acceptors (Lipinski definition) is 5. The molecule has 4 N–H and O–H groups in total. The number of aliphatic imine (C=N–C) groups is 1. The molecule has 0 aliphatic carbocycles. The largest absolute Gasteiger partial charge is 0.461 e. The van der Waals surface area contributed by atoms with Crippen LogP contribution in [0.25, 0.3) is 0 Å². The van der Waals surface area contributed by atoms with Gasteiger partial charge in [-0.2, -0.15) is 0 Å². The molecule has 0 fully saturated rings. The Balaban J connectivity index is -0.00000171. The van der Waals surface area contributed by atoms with Gasteiger partial charge in [0, 0.05) is 17.7 Å². The molecule has 0 aliphatic heterocycles. The zero-order valence-corrected chi connectivity index (χ0v) is 19.5. The first-order valence-corrected chi connectivity index (χ1v) is 10.1. The summed E-state index contributed by atoms with van der Waals surface area (Å²) in [6, 6.07) is 0. The molecule has 0 aromatic rings. The lowest BCUT2D eigenvalue weighted by atomic mass is 10.1. The van der Waals surface area contributed by atoms with Crippen molar-refractivity contribution in [2.45, 2.75) is 48.5 Å². The highest BCUT2D eigenvalue weighted by Gasteiger charge is 2.06. The minimum Gasteiger partial charge on any atom is -0.461 e. The number of allylic oxidation sites excluding steroid dienone is 6. The van der Waals surface area contributed by atoms with E-state index in [4.69, 9.17) is 20.9 Å². The van der Waals surface area contributed by atoms with Crippen LogP contribution >= 0.6 is 0 Å². The van der Waals surface area contributed by atoms with E-state index in [-0.39, 0.29) is 25.0 Å². The van der Waals surface area contributed by atoms with E-state index in [9.17, 15) is 9.59 Å². The smallest absolute Gasteiger partial charge is 0.335 e. The number of carbonyl (C=O) groups excluding carboxylic acids is 2. The molecule has 7 heteroatoms. The number of rotatable bonds is 10. The number of carbonyl (C=O) groups is 2. The molecular formula is C23H39N3O4. The number of hydrogen-bond donors (Lipinski definition) is 2. The molecule has 0 atom stereocenters. The summed E-state index contributed by atoms with van der Waals surface area (Å²) < 4.78 is 10.2. The third-order valence-electron chi connectivity index (χ3n) is 2.67. The molecule has 0 unspecified atom stereocenters. The Bertz CT molecular complexity index is 639. The quantitative estimate of drug-likeness (QED) is 0.104. The Hall–Kier alpha value is -3.09. The first kappa shape index (κ1) is 31.6. The number of guanidine groups is 1. The van der Waals surface area contributed by atoms with E-state index in [2.05, 4.69) is 11.6 Å². The highest BCUT2D eigenvalue weighted by Crippen LogP contribution is 2.14. The van der Waals surface area contributed by atoms with Crippen molar-refractivity contribution in [2.24, 2.45) is 22.4 Å². The van der Waals surface area contributed by atoms with Crippen LogP contribution in [0.15, 0.2) is 65.4 Å². The van der Waals surface area contributed by atoms with Gasteiger partial charge in [-0.25, -0.2) is 9.59 Å². The lowest BCUT2D eigenvalue weighted by Gasteiger charge is -2.07. The average molecular weight is 422 g/mol. The van der Waals surface area contributed by atoms with E-state index in [1.54, 1.807) is 25.2 Å². The SMILES string of the molecule is C=CC(=O)OC(/C=C\C)=C(/C=C\C(C)C)\C=C\C(=O)OCCN=C(N)N.CC.CC. The van der Waals surface area contributed by atoms with Gasteiger partial charge in [0.05, 0.1) is 6.54 Å². The number of nitrogens with zero attached hydrogens (tertiary/aromatic N) is 1. The van der Waals surface area contributed by atoms with Crippen LogP contribution in [0.5, 0.6) is 0 Å². The van der Waals surface area contributed by atoms with Gasteiger partial charge >= 0.3 is 11.9 Å². The highest BCUT2D eigenvalue weighted by molar-refractivity contribution is 5.84. The van der Waals surface area contributed by atoms with Crippen molar-refractivity contribution in [2.75, 3.05) is 13.2 Å². The Labute approximate surface area is 181 Å². The van der Waals surface area contributed by atoms with Gasteiger partial charge in [0.25, 0.3) is 0 Å². The summed E-state index contributed by atoms with van der Waals surface area (Å²) >= 11 is 0. The van der Waals surface area contributed by atoms with Crippen LogP contribution in [0.4, 0.5) is 0 Å². The molecule has 0 saturated heterocycles. The van der Waals surface area contributed by atoms with Gasteiger partial charge in [-0.1, -0.05) is 66.3 Å². The normalized spacial score (nSPS) is 11.2. The first-order chi connectivity index (χ1) is 14.3. The number of nitrogens with two attached hydrogens (primary N) is 2. The monoisotopic (exact) mass is 421 g/mol. The molecule has 0 radical (unpaired) electrons. The molecule has 0 rings (SSSR count). The molecule has 0 aromatic heterocycles. The lowest BCUT2D eigenvalue weighted by Crippen LogP contribution is -2.23. The van der Waals surface area contributed by atoms with Gasteiger partial charge in [-0.3, -0.25) is 4.99 Å². The molecule has 7 nitrogen and oxygen atoms in total. The molecule has 0 aliphatic rings. The predicted octanol–water partition coefficient (Wildman–Crippen LogP) is 4.18. The van der Waals surface area contributed by atoms with Crippen molar-refractivity contribution in [1.29, 1.82) is 0 Å². The van der Waals surface area contributed by atoms with Gasteiger partial charge in [0.1, 0.15) is 12.4 Å². The summed E-state index contributed by atoms with van der Waals surface area (Å²) in [5, 5.41) is 0. The van der Waals surface area contributed by atoms with Crippen LogP contribution in [0, 0.1) is 5.92 Å². The first-order valence-electron chi connectivity index (χ1n) is 10.1. The standard InChI is InChI=1S/C19H27N3O4.2C2H6/c1-5-7-16(26-17(23)6-2)15(9-8-14(3)4)10-11-18(24)25-13-12-22-19(20)21;2*1-2/h5-11,14H,2,12-13H2,1,3-4H3,(H4,20,21,22);2*1-2H3/b7-5-,9-8-,11-10+,16-15-;;. The van der Waals surface area contributed by atoms with Gasteiger partial charge in [0.2, 0.25) is 0 Å². The minimum atomic E-state index is -0.596. The fraction of sp³-hybridized carbons (Fsp3) is 0.435. The Kier molecular flexibility index (Phi) is 23.4. The second kappa shape index (κ2) is 22.2. The number of esters is 2. The zero-order chi connectivity index (χ0) is 23.9. The van der Waals surface area contributed by atoms with Crippen molar-refractivity contribution in [3.05, 3.63) is 60.4 Å². The third-order valence-corrected chi connectivity index (χ3v) is 2.67. The highest BCUT2D eigenvalue weighted by atomic mass is 16.5. The van der Waals surface area contributed by atoms with Crippen LogP contribution in [0.3, 0.4) is 0 Å². The van der Waals surface area contributed by atoms with Crippen molar-refractivity contribution < 1.29 is 19.1 Å². The maximum absolute atomic E-state index is 11.8. The fourth-order valence-electron chi connectivity index (χ4n) is 1.53. The molecule has 0 bridgehead atoms. The van der Waals surface area contributed by atoms with Crippen LogP contribution in [0.1, 0.15) is 48.5 Å². The third kappa shape index (κ3) is 19.7. The van der Waals surface area contributed by atoms with Gasteiger partial charge < -0.3 is 20.9 Å². The summed E-state index contributed by atoms with van der Waals surface area (Å²) in [5.41, 5.74) is 10.9. The molecule has 0 amide bonds. The maximum atomic E-state index is 11.8. The fourth-order valence-corrected chi connectivity index (χ4v) is 1.53. The van der Waals surface area contributed by atoms with E-state index in [0.717, 1.165) is 6.08 Å². The summed E-state index contributed by atoms with van der Waals surface area (Å²) in [6.45, 7) is 17.4. The van der Waals surface area contributed by atoms with Gasteiger partial charge in [0.15, 0.2) is 5.96 Å². The summed E-state index contributed by atoms with van der Waals surface area (Å²) in [5.74, 6) is -0.672. The molecule has 0 heterocycles. The van der Waals surface area contributed by atoms with Crippen molar-refractivity contribution in [3.8, 4) is 0 Å². The molecule has 0 saturated carbocycles. The number of ether oxygens (including phenoxy) is 2. The Morgan fingerprint density at radius 1 is 1.00 bits per heavy atom. The lowest BCUT2D eigenvalue weighted by molar-refractivity contribution is -0.137. The average Bonchev–Trinajstić information content (AvgIpc) is 2.73. The zero-order valence-electron chi connectivity index (χ0n) is 19.5.